The SMILES string of the molecule is Cc1cccc(Oc2nc(N3CCCCC3)nc3c2CN(C(=O)c2ccc([N+](=O)[O-])cc2)CC3)c1. The number of nitrogens with zero attached hydrogens (tertiary/aromatic N) is 5. The van der Waals surface area contributed by atoms with Gasteiger partial charge in [0, 0.05) is 43.8 Å². The van der Waals surface area contributed by atoms with Gasteiger partial charge in [0.1, 0.15) is 5.75 Å². The summed E-state index contributed by atoms with van der Waals surface area (Å²) in [6.07, 6.45) is 4.04. The number of anilines is 1. The zero-order chi connectivity index (χ0) is 24.4. The predicted octanol–water partition coefficient (Wildman–Crippen LogP) is 4.67. The van der Waals surface area contributed by atoms with Crippen LogP contribution in [0.5, 0.6) is 11.6 Å². The van der Waals surface area contributed by atoms with Crippen molar-refractivity contribution in [3.63, 3.8) is 0 Å². The Bertz CT molecular complexity index is 1260. The van der Waals surface area contributed by atoms with Gasteiger partial charge < -0.3 is 14.5 Å². The van der Waals surface area contributed by atoms with E-state index in [4.69, 9.17) is 14.7 Å². The number of benzene rings is 2. The number of non-ortho nitro benzene ring substituents is 1. The van der Waals surface area contributed by atoms with Crippen molar-refractivity contribution >= 4 is 17.5 Å². The molecule has 0 radical (unpaired) electrons. The predicted molar refractivity (Wildman–Crippen MR) is 131 cm³/mol. The molecule has 1 amide bonds. The second-order valence-electron chi connectivity index (χ2n) is 9.00. The second kappa shape index (κ2) is 9.69. The molecule has 1 saturated heterocycles. The van der Waals surface area contributed by atoms with Crippen molar-refractivity contribution in [3.8, 4) is 11.6 Å². The number of hydrogen-bond donors (Lipinski definition) is 0. The molecular weight excluding hydrogens is 446 g/mol. The van der Waals surface area contributed by atoms with Crippen LogP contribution in [0.2, 0.25) is 0 Å². The third kappa shape index (κ3) is 4.94. The van der Waals surface area contributed by atoms with Crippen LogP contribution in [0.3, 0.4) is 0 Å². The number of ether oxygens (including phenoxy) is 1. The van der Waals surface area contributed by atoms with Crippen molar-refractivity contribution in [2.24, 2.45) is 0 Å². The minimum Gasteiger partial charge on any atom is -0.438 e. The molecule has 2 aromatic carbocycles. The lowest BCUT2D eigenvalue weighted by molar-refractivity contribution is -0.384. The summed E-state index contributed by atoms with van der Waals surface area (Å²) in [6, 6.07) is 13.5. The van der Waals surface area contributed by atoms with Crippen molar-refractivity contribution < 1.29 is 14.5 Å². The molecule has 1 fully saturated rings. The van der Waals surface area contributed by atoms with E-state index in [1.807, 2.05) is 31.2 Å². The van der Waals surface area contributed by atoms with Crippen molar-refractivity contribution in [2.75, 3.05) is 24.5 Å². The van der Waals surface area contributed by atoms with Crippen LogP contribution in [0.4, 0.5) is 11.6 Å². The molecule has 0 bridgehead atoms. The molecule has 5 rings (SSSR count). The molecule has 3 aromatic rings. The van der Waals surface area contributed by atoms with E-state index in [0.717, 1.165) is 42.8 Å². The van der Waals surface area contributed by atoms with Crippen LogP contribution in [-0.4, -0.2) is 45.3 Å². The van der Waals surface area contributed by atoms with E-state index in [0.29, 0.717) is 42.7 Å². The lowest BCUT2D eigenvalue weighted by Gasteiger charge is -2.32. The van der Waals surface area contributed by atoms with Gasteiger partial charge in [-0.05, 0) is 56.0 Å². The number of carbonyl (C=O) groups is 1. The van der Waals surface area contributed by atoms with Gasteiger partial charge in [0.2, 0.25) is 11.8 Å². The number of amides is 1. The molecule has 0 N–H and O–H groups in total. The first kappa shape index (κ1) is 22.8. The van der Waals surface area contributed by atoms with Crippen molar-refractivity contribution in [2.45, 2.75) is 39.2 Å². The molecule has 180 valence electrons. The number of fused-ring (bicyclic) bond motifs is 1. The topological polar surface area (TPSA) is 102 Å². The number of nitro benzene ring substituents is 1. The number of aromatic nitrogens is 2. The normalized spacial score (nSPS) is 15.5. The fourth-order valence-electron chi connectivity index (χ4n) is 4.56. The summed E-state index contributed by atoms with van der Waals surface area (Å²) in [6.45, 7) is 4.67. The van der Waals surface area contributed by atoms with Gasteiger partial charge in [-0.15, -0.1) is 0 Å². The van der Waals surface area contributed by atoms with Crippen LogP contribution < -0.4 is 9.64 Å². The average molecular weight is 474 g/mol. The molecule has 0 saturated carbocycles. The molecule has 0 spiro atoms. The molecule has 35 heavy (non-hydrogen) atoms. The summed E-state index contributed by atoms with van der Waals surface area (Å²) < 4.78 is 6.27. The summed E-state index contributed by atoms with van der Waals surface area (Å²) in [5, 5.41) is 11.0. The Morgan fingerprint density at radius 1 is 1.03 bits per heavy atom. The average Bonchev–Trinajstić information content (AvgIpc) is 2.88. The van der Waals surface area contributed by atoms with Gasteiger partial charge in [-0.1, -0.05) is 12.1 Å². The van der Waals surface area contributed by atoms with Crippen molar-refractivity contribution in [3.05, 3.63) is 81.0 Å². The van der Waals surface area contributed by atoms with Gasteiger partial charge in [-0.3, -0.25) is 14.9 Å². The molecule has 3 heterocycles. The van der Waals surface area contributed by atoms with Gasteiger partial charge in [0.15, 0.2) is 0 Å². The maximum Gasteiger partial charge on any atom is 0.269 e. The Morgan fingerprint density at radius 2 is 1.80 bits per heavy atom. The number of hydrogen-bond acceptors (Lipinski definition) is 7. The second-order valence-corrected chi connectivity index (χ2v) is 9.00. The van der Waals surface area contributed by atoms with Crippen LogP contribution in [-0.2, 0) is 13.0 Å². The van der Waals surface area contributed by atoms with Crippen molar-refractivity contribution in [1.82, 2.24) is 14.9 Å². The molecule has 1 aromatic heterocycles. The Kier molecular flexibility index (Phi) is 6.31. The highest BCUT2D eigenvalue weighted by atomic mass is 16.6. The van der Waals surface area contributed by atoms with Crippen LogP contribution in [0.1, 0.15) is 46.4 Å². The van der Waals surface area contributed by atoms with Crippen LogP contribution in [0.25, 0.3) is 0 Å². The number of rotatable bonds is 5. The first-order valence-corrected chi connectivity index (χ1v) is 11.9. The highest BCUT2D eigenvalue weighted by Gasteiger charge is 2.29. The zero-order valence-corrected chi connectivity index (χ0v) is 19.6. The Labute approximate surface area is 203 Å². The van der Waals surface area contributed by atoms with E-state index in [9.17, 15) is 14.9 Å². The third-order valence-electron chi connectivity index (χ3n) is 6.47. The molecule has 9 heteroatoms. The van der Waals surface area contributed by atoms with Gasteiger partial charge in [-0.25, -0.2) is 4.98 Å². The fourth-order valence-corrected chi connectivity index (χ4v) is 4.56. The lowest BCUT2D eigenvalue weighted by Crippen LogP contribution is -2.37. The highest BCUT2D eigenvalue weighted by molar-refractivity contribution is 5.94. The molecule has 0 aliphatic carbocycles. The monoisotopic (exact) mass is 473 g/mol. The highest BCUT2D eigenvalue weighted by Crippen LogP contribution is 2.33. The number of piperidine rings is 1. The fraction of sp³-hybridized carbons (Fsp3) is 0.346. The molecule has 2 aliphatic heterocycles. The molecule has 9 nitrogen and oxygen atoms in total. The van der Waals surface area contributed by atoms with E-state index >= 15 is 0 Å². The smallest absolute Gasteiger partial charge is 0.269 e. The molecule has 0 unspecified atom stereocenters. The molecular formula is C26H27N5O4. The maximum atomic E-state index is 13.2. The summed E-state index contributed by atoms with van der Waals surface area (Å²) in [7, 11) is 0. The van der Waals surface area contributed by atoms with E-state index in [2.05, 4.69) is 4.90 Å². The zero-order valence-electron chi connectivity index (χ0n) is 19.6. The van der Waals surface area contributed by atoms with Crippen LogP contribution >= 0.6 is 0 Å². The number of aryl methyl sites for hydroxylation is 1. The van der Waals surface area contributed by atoms with E-state index < -0.39 is 4.92 Å². The summed E-state index contributed by atoms with van der Waals surface area (Å²) in [4.78, 5) is 37.3. The summed E-state index contributed by atoms with van der Waals surface area (Å²) in [5.41, 5.74) is 3.14. The van der Waals surface area contributed by atoms with E-state index in [1.165, 1.54) is 30.7 Å². The first-order chi connectivity index (χ1) is 17.0. The van der Waals surface area contributed by atoms with Gasteiger partial charge in [0.05, 0.1) is 22.7 Å². The summed E-state index contributed by atoms with van der Waals surface area (Å²) in [5.74, 6) is 1.66. The molecule has 2 aliphatic rings. The summed E-state index contributed by atoms with van der Waals surface area (Å²) >= 11 is 0. The van der Waals surface area contributed by atoms with Crippen molar-refractivity contribution in [1.29, 1.82) is 0 Å². The third-order valence-corrected chi connectivity index (χ3v) is 6.47. The Morgan fingerprint density at radius 3 is 2.51 bits per heavy atom. The van der Waals surface area contributed by atoms with Gasteiger partial charge >= 0.3 is 0 Å². The maximum absolute atomic E-state index is 13.2. The number of carbonyl (C=O) groups excluding carboxylic acids is 1. The van der Waals surface area contributed by atoms with Crippen LogP contribution in [0.15, 0.2) is 48.5 Å². The number of nitro groups is 1. The van der Waals surface area contributed by atoms with Gasteiger partial charge in [0.25, 0.3) is 11.6 Å². The lowest BCUT2D eigenvalue weighted by atomic mass is 10.0. The van der Waals surface area contributed by atoms with E-state index in [1.54, 1.807) is 4.90 Å². The largest absolute Gasteiger partial charge is 0.438 e. The minimum atomic E-state index is -0.475. The Balaban J connectivity index is 1.46. The van der Waals surface area contributed by atoms with Gasteiger partial charge in [-0.2, -0.15) is 4.98 Å². The molecule has 0 atom stereocenters. The van der Waals surface area contributed by atoms with E-state index in [-0.39, 0.29) is 11.6 Å². The first-order valence-electron chi connectivity index (χ1n) is 11.9. The minimum absolute atomic E-state index is 0.0435. The quantitative estimate of drug-likeness (QED) is 0.392. The Hall–Kier alpha value is -4.01. The van der Waals surface area contributed by atoms with Crippen LogP contribution in [0, 0.1) is 17.0 Å². The standard InChI is InChI=1S/C26H27N5O4/c1-18-6-5-7-21(16-18)35-24-22-17-30(25(32)19-8-10-20(11-9-19)31(33)34)15-12-23(22)27-26(28-24)29-13-3-2-4-14-29/h5-11,16H,2-4,12-15,17H2,1H3.